The number of hydrogen-bond acceptors (Lipinski definition) is 5. The van der Waals surface area contributed by atoms with Crippen molar-refractivity contribution in [1.82, 2.24) is 0 Å². The van der Waals surface area contributed by atoms with E-state index in [1.54, 1.807) is 0 Å². The fourth-order valence-corrected chi connectivity index (χ4v) is 2.69. The van der Waals surface area contributed by atoms with E-state index >= 15 is 0 Å². The second kappa shape index (κ2) is 7.02. The Hall–Kier alpha value is -2.16. The first-order valence-electron chi connectivity index (χ1n) is 5.86. The minimum Gasteiger partial charge on any atom is -0.478 e. The molecule has 116 valence electrons. The maximum absolute atomic E-state index is 13.4. The number of esters is 1. The number of carboxylic acid groups (broad SMARTS) is 1. The smallest absolute Gasteiger partial charge is 0.340 e. The average Bonchev–Trinajstić information content (AvgIpc) is 2.37. The second-order valence-corrected chi connectivity index (χ2v) is 5.91. The lowest BCUT2D eigenvalue weighted by molar-refractivity contribution is -0.140. The number of benzene rings is 1. The van der Waals surface area contributed by atoms with Crippen molar-refractivity contribution in [3.8, 4) is 0 Å². The van der Waals surface area contributed by atoms with Gasteiger partial charge in [0.25, 0.3) is 0 Å². The molecule has 0 fully saturated rings. The summed E-state index contributed by atoms with van der Waals surface area (Å²) < 4.78 is 43.3. The summed E-state index contributed by atoms with van der Waals surface area (Å²) in [6, 6.07) is 3.25. The number of sulfonamides is 1. The molecule has 1 aromatic rings. The summed E-state index contributed by atoms with van der Waals surface area (Å²) in [7, 11) is -2.72. The van der Waals surface area contributed by atoms with Crippen LogP contribution in [-0.2, 0) is 19.6 Å². The average molecular weight is 319 g/mol. The van der Waals surface area contributed by atoms with Crippen molar-refractivity contribution in [2.24, 2.45) is 0 Å². The molecular weight excluding hydrogens is 305 g/mol. The molecule has 9 heteroatoms. The Morgan fingerprint density at radius 2 is 2.05 bits per heavy atom. The van der Waals surface area contributed by atoms with E-state index in [2.05, 4.69) is 4.74 Å². The van der Waals surface area contributed by atoms with Crippen LogP contribution in [0.3, 0.4) is 0 Å². The highest BCUT2D eigenvalue weighted by Gasteiger charge is 2.20. The molecule has 0 saturated heterocycles. The van der Waals surface area contributed by atoms with E-state index in [1.807, 2.05) is 4.72 Å². The summed E-state index contributed by atoms with van der Waals surface area (Å²) in [5, 5.41) is 8.89. The van der Waals surface area contributed by atoms with Gasteiger partial charge in [0, 0.05) is 6.42 Å². The molecule has 0 aliphatic carbocycles. The number of ether oxygens (including phenoxy) is 1. The number of halogens is 1. The maximum atomic E-state index is 13.4. The van der Waals surface area contributed by atoms with Crippen LogP contribution >= 0.6 is 0 Å². The lowest BCUT2D eigenvalue weighted by atomic mass is 10.2. The van der Waals surface area contributed by atoms with E-state index < -0.39 is 39.1 Å². The molecule has 2 N–H and O–H groups in total. The van der Waals surface area contributed by atoms with Crippen molar-refractivity contribution in [2.75, 3.05) is 17.6 Å². The Bertz CT molecular complexity index is 643. The number of aromatic carboxylic acids is 1. The van der Waals surface area contributed by atoms with Crippen molar-refractivity contribution in [2.45, 2.75) is 12.8 Å². The summed E-state index contributed by atoms with van der Waals surface area (Å²) in [6.07, 6.45) is -0.0912. The molecule has 1 aromatic carbocycles. The van der Waals surface area contributed by atoms with Gasteiger partial charge in [0.1, 0.15) is 11.4 Å². The number of carboxylic acids is 1. The van der Waals surface area contributed by atoms with Gasteiger partial charge in [-0.1, -0.05) is 6.07 Å². The van der Waals surface area contributed by atoms with Crippen molar-refractivity contribution in [3.05, 3.63) is 29.6 Å². The fourth-order valence-electron chi connectivity index (χ4n) is 1.55. The summed E-state index contributed by atoms with van der Waals surface area (Å²) >= 11 is 0. The molecule has 0 aliphatic rings. The zero-order valence-electron chi connectivity index (χ0n) is 11.1. The van der Waals surface area contributed by atoms with Crippen LogP contribution in [0.1, 0.15) is 23.2 Å². The van der Waals surface area contributed by atoms with Crippen LogP contribution in [-0.4, -0.2) is 38.3 Å². The predicted molar refractivity (Wildman–Crippen MR) is 72.0 cm³/mol. The molecule has 0 atom stereocenters. The highest BCUT2D eigenvalue weighted by atomic mass is 32.2. The Labute approximate surface area is 120 Å². The quantitative estimate of drug-likeness (QED) is 0.731. The number of nitrogens with one attached hydrogen (secondary N) is 1. The Morgan fingerprint density at radius 1 is 1.38 bits per heavy atom. The van der Waals surface area contributed by atoms with E-state index in [4.69, 9.17) is 5.11 Å². The first-order valence-corrected chi connectivity index (χ1v) is 7.51. The minimum absolute atomic E-state index is 0.000271. The van der Waals surface area contributed by atoms with E-state index in [0.29, 0.717) is 0 Å². The highest BCUT2D eigenvalue weighted by Crippen LogP contribution is 2.20. The van der Waals surface area contributed by atoms with Gasteiger partial charge in [0.05, 0.1) is 18.6 Å². The van der Waals surface area contributed by atoms with Gasteiger partial charge in [-0.15, -0.1) is 0 Å². The normalized spacial score (nSPS) is 11.0. The van der Waals surface area contributed by atoms with Crippen LogP contribution in [0.15, 0.2) is 18.2 Å². The molecule has 0 aliphatic heterocycles. The summed E-state index contributed by atoms with van der Waals surface area (Å²) in [5.74, 6) is -3.60. The molecule has 0 saturated carbocycles. The molecule has 0 aromatic heterocycles. The molecule has 0 spiro atoms. The van der Waals surface area contributed by atoms with E-state index in [-0.39, 0.29) is 18.5 Å². The van der Waals surface area contributed by atoms with Gasteiger partial charge in [-0.05, 0) is 18.6 Å². The molecular formula is C12H14FNO6S. The van der Waals surface area contributed by atoms with E-state index in [0.717, 1.165) is 12.1 Å². The van der Waals surface area contributed by atoms with Crippen LogP contribution in [0.25, 0.3) is 0 Å². The molecule has 0 bridgehead atoms. The molecule has 1 rings (SSSR count). The lowest BCUT2D eigenvalue weighted by Crippen LogP contribution is -2.20. The highest BCUT2D eigenvalue weighted by molar-refractivity contribution is 7.92. The summed E-state index contributed by atoms with van der Waals surface area (Å²) in [6.45, 7) is 0. The van der Waals surface area contributed by atoms with Gasteiger partial charge in [-0.3, -0.25) is 9.52 Å². The van der Waals surface area contributed by atoms with Gasteiger partial charge < -0.3 is 9.84 Å². The SMILES string of the molecule is COC(=O)CCCS(=O)(=O)Nc1cccc(F)c1C(=O)O. The monoisotopic (exact) mass is 319 g/mol. The Balaban J connectivity index is 2.83. The van der Waals surface area contributed by atoms with Crippen LogP contribution in [0.4, 0.5) is 10.1 Å². The van der Waals surface area contributed by atoms with E-state index in [9.17, 15) is 22.4 Å². The first-order chi connectivity index (χ1) is 9.76. The van der Waals surface area contributed by atoms with Gasteiger partial charge in [0.15, 0.2) is 0 Å². The van der Waals surface area contributed by atoms with Crippen LogP contribution in [0.2, 0.25) is 0 Å². The van der Waals surface area contributed by atoms with Gasteiger partial charge in [-0.25, -0.2) is 17.6 Å². The first kappa shape index (κ1) is 16.9. The zero-order valence-corrected chi connectivity index (χ0v) is 11.9. The van der Waals surface area contributed by atoms with Crippen LogP contribution < -0.4 is 4.72 Å². The summed E-state index contributed by atoms with van der Waals surface area (Å²) in [4.78, 5) is 21.8. The second-order valence-electron chi connectivity index (χ2n) is 4.07. The van der Waals surface area contributed by atoms with Crippen molar-refractivity contribution >= 4 is 27.6 Å². The molecule has 0 radical (unpaired) electrons. The van der Waals surface area contributed by atoms with Crippen LogP contribution in [0.5, 0.6) is 0 Å². The number of methoxy groups -OCH3 is 1. The number of anilines is 1. The van der Waals surface area contributed by atoms with Crippen molar-refractivity contribution < 1.29 is 32.2 Å². The summed E-state index contributed by atoms with van der Waals surface area (Å²) in [5.41, 5.74) is -1.12. The third-order valence-corrected chi connectivity index (χ3v) is 3.87. The van der Waals surface area contributed by atoms with Crippen LogP contribution in [0, 0.1) is 5.82 Å². The van der Waals surface area contributed by atoms with E-state index in [1.165, 1.54) is 13.2 Å². The maximum Gasteiger partial charge on any atom is 0.340 e. The number of carbonyl (C=O) groups is 2. The molecule has 0 unspecified atom stereocenters. The number of rotatable bonds is 7. The fraction of sp³-hybridized carbons (Fsp3) is 0.333. The zero-order chi connectivity index (χ0) is 16.0. The minimum atomic E-state index is -3.90. The largest absolute Gasteiger partial charge is 0.478 e. The number of hydrogen-bond donors (Lipinski definition) is 2. The molecule has 21 heavy (non-hydrogen) atoms. The topological polar surface area (TPSA) is 110 Å². The molecule has 0 amide bonds. The molecule has 7 nitrogen and oxygen atoms in total. The third kappa shape index (κ3) is 5.03. The predicted octanol–water partition coefficient (Wildman–Crippen LogP) is 1.22. The molecule has 0 heterocycles. The Kier molecular flexibility index (Phi) is 5.65. The number of carbonyl (C=O) groups excluding carboxylic acids is 1. The van der Waals surface area contributed by atoms with Gasteiger partial charge >= 0.3 is 11.9 Å². The lowest BCUT2D eigenvalue weighted by Gasteiger charge is -2.10. The van der Waals surface area contributed by atoms with Crippen molar-refractivity contribution in [3.63, 3.8) is 0 Å². The van der Waals surface area contributed by atoms with Gasteiger partial charge in [-0.2, -0.15) is 0 Å². The van der Waals surface area contributed by atoms with Crippen molar-refractivity contribution in [1.29, 1.82) is 0 Å². The Morgan fingerprint density at radius 3 is 2.62 bits per heavy atom. The third-order valence-electron chi connectivity index (χ3n) is 2.51. The standard InChI is InChI=1S/C12H14FNO6S/c1-20-10(15)6-3-7-21(18,19)14-9-5-2-4-8(13)11(9)12(16)17/h2,4-5,14H,3,6-7H2,1H3,(H,16,17). The van der Waals surface area contributed by atoms with Gasteiger partial charge in [0.2, 0.25) is 10.0 Å².